The van der Waals surface area contributed by atoms with Crippen molar-refractivity contribution in [2.24, 2.45) is 52.3 Å². The van der Waals surface area contributed by atoms with Crippen molar-refractivity contribution in [3.05, 3.63) is 18.5 Å². The fourth-order valence-corrected chi connectivity index (χ4v) is 12.2. The van der Waals surface area contributed by atoms with Crippen LogP contribution in [-0.4, -0.2) is 71.6 Å². The molecule has 0 radical (unpaired) electrons. The Kier molecular flexibility index (Phi) is 7.25. The van der Waals surface area contributed by atoms with Gasteiger partial charge < -0.3 is 24.6 Å². The molecule has 3 saturated heterocycles. The van der Waals surface area contributed by atoms with Crippen molar-refractivity contribution in [1.82, 2.24) is 20.2 Å². The molecule has 7 fully saturated rings. The van der Waals surface area contributed by atoms with Crippen LogP contribution in [0.15, 0.2) is 18.5 Å². The molecule has 1 unspecified atom stereocenters. The summed E-state index contributed by atoms with van der Waals surface area (Å²) in [6.07, 6.45) is 16.4. The van der Waals surface area contributed by atoms with Crippen molar-refractivity contribution in [3.63, 3.8) is 0 Å². The zero-order valence-corrected chi connectivity index (χ0v) is 27.5. The van der Waals surface area contributed by atoms with E-state index in [2.05, 4.69) is 47.9 Å². The molecular weight excluding hydrogens is 550 g/mol. The number of urea groups is 1. The summed E-state index contributed by atoms with van der Waals surface area (Å²) < 4.78 is 13.5. The van der Waals surface area contributed by atoms with Gasteiger partial charge in [0.2, 0.25) is 5.95 Å². The number of nitrogens with one attached hydrogen (secondary N) is 1. The first kappa shape index (κ1) is 29.5. The zero-order chi connectivity index (χ0) is 30.3. The third-order valence-corrected chi connectivity index (χ3v) is 14.7. The van der Waals surface area contributed by atoms with Gasteiger partial charge in [-0.2, -0.15) is 0 Å². The minimum atomic E-state index is -0.316. The summed E-state index contributed by atoms with van der Waals surface area (Å²) in [4.78, 5) is 26.3. The molecule has 7 aliphatic rings. The Labute approximate surface area is 264 Å². The van der Waals surface area contributed by atoms with Crippen LogP contribution in [0.5, 0.6) is 0 Å². The molecular formula is C36H55N5O3. The van der Waals surface area contributed by atoms with Gasteiger partial charge in [-0.1, -0.05) is 27.7 Å². The van der Waals surface area contributed by atoms with Gasteiger partial charge in [0.15, 0.2) is 5.79 Å². The van der Waals surface area contributed by atoms with Gasteiger partial charge in [-0.3, -0.25) is 0 Å². The average molecular weight is 606 g/mol. The Morgan fingerprint density at radius 2 is 1.68 bits per heavy atom. The predicted octanol–water partition coefficient (Wildman–Crippen LogP) is 6.12. The maximum absolute atomic E-state index is 13.3. The fraction of sp³-hybridized carbons (Fsp3) is 0.861. The molecule has 2 amide bonds. The molecule has 8 rings (SSSR count). The third kappa shape index (κ3) is 4.54. The quantitative estimate of drug-likeness (QED) is 0.438. The van der Waals surface area contributed by atoms with E-state index in [9.17, 15) is 4.79 Å². The van der Waals surface area contributed by atoms with Crippen LogP contribution < -0.4 is 10.2 Å². The van der Waals surface area contributed by atoms with Gasteiger partial charge in [-0.15, -0.1) is 0 Å². The highest BCUT2D eigenvalue weighted by molar-refractivity contribution is 5.74. The average Bonchev–Trinajstić information content (AvgIpc) is 3.48. The standard InChI is InChI=1S/C36H55N5O3/c1-23-8-13-36(43-22-23)24(2)31-30(44-36)21-29-27-7-6-25-20-26(9-11-34(25,3)28(27)10-12-35(29,31)4)39-33(42)41-18-16-40(17-19-41)32-37-14-5-15-38-32/h5,14-15,23-31H,6-13,16-22H2,1-4H3,(H,39,42)/t23-,24-,25+,26?,27+,28-,29-,30-,31-,34-,35-,36+/m0/s1. The van der Waals surface area contributed by atoms with E-state index in [-0.39, 0.29) is 11.8 Å². The lowest BCUT2D eigenvalue weighted by Gasteiger charge is -2.61. The molecule has 8 nitrogen and oxygen atoms in total. The van der Waals surface area contributed by atoms with Crippen molar-refractivity contribution >= 4 is 12.0 Å². The van der Waals surface area contributed by atoms with Crippen molar-refractivity contribution in [2.45, 2.75) is 110 Å². The number of nitrogens with zero attached hydrogens (tertiary/aromatic N) is 4. The number of hydrogen-bond acceptors (Lipinski definition) is 6. The molecule has 1 aromatic rings. The number of amides is 2. The molecule has 44 heavy (non-hydrogen) atoms. The van der Waals surface area contributed by atoms with E-state index in [1.165, 1.54) is 44.9 Å². The monoisotopic (exact) mass is 605 g/mol. The number of hydrogen-bond donors (Lipinski definition) is 1. The largest absolute Gasteiger partial charge is 0.349 e. The second-order valence-corrected chi connectivity index (χ2v) is 16.6. The van der Waals surface area contributed by atoms with Gasteiger partial charge >= 0.3 is 6.03 Å². The van der Waals surface area contributed by atoms with Gasteiger partial charge in [0.25, 0.3) is 0 Å². The lowest BCUT2D eigenvalue weighted by Crippen LogP contribution is -2.58. The Hall–Kier alpha value is -1.93. The molecule has 242 valence electrons. The second kappa shape index (κ2) is 10.8. The van der Waals surface area contributed by atoms with Gasteiger partial charge in [0, 0.05) is 57.0 Å². The van der Waals surface area contributed by atoms with Crippen LogP contribution in [0.4, 0.5) is 10.7 Å². The summed E-state index contributed by atoms with van der Waals surface area (Å²) >= 11 is 0. The number of carbonyl (C=O) groups excluding carboxylic acids is 1. The van der Waals surface area contributed by atoms with Crippen molar-refractivity contribution in [1.29, 1.82) is 0 Å². The van der Waals surface area contributed by atoms with E-state index in [1.807, 2.05) is 11.0 Å². The number of piperazine rings is 1. The van der Waals surface area contributed by atoms with E-state index in [4.69, 9.17) is 9.47 Å². The first-order valence-electron chi connectivity index (χ1n) is 18.1. The summed E-state index contributed by atoms with van der Waals surface area (Å²) in [5.41, 5.74) is 0.785. The minimum Gasteiger partial charge on any atom is -0.349 e. The predicted molar refractivity (Wildman–Crippen MR) is 170 cm³/mol. The summed E-state index contributed by atoms with van der Waals surface area (Å²) in [6.45, 7) is 13.9. The maximum atomic E-state index is 13.3. The first-order valence-corrected chi connectivity index (χ1v) is 18.1. The molecule has 1 spiro atoms. The Bertz CT molecular complexity index is 1220. The number of anilines is 1. The molecule has 0 bridgehead atoms. The zero-order valence-electron chi connectivity index (χ0n) is 27.5. The van der Waals surface area contributed by atoms with Gasteiger partial charge in [-0.25, -0.2) is 14.8 Å². The smallest absolute Gasteiger partial charge is 0.317 e. The number of rotatable bonds is 2. The Balaban J connectivity index is 0.888. The number of ether oxygens (including phenoxy) is 2. The van der Waals surface area contributed by atoms with Crippen LogP contribution in [0.25, 0.3) is 0 Å². The number of fused-ring (bicyclic) bond motifs is 7. The van der Waals surface area contributed by atoms with Crippen LogP contribution in [0.3, 0.4) is 0 Å². The van der Waals surface area contributed by atoms with E-state index in [1.54, 1.807) is 12.4 Å². The van der Waals surface area contributed by atoms with E-state index in [0.29, 0.717) is 40.7 Å². The van der Waals surface area contributed by atoms with Crippen molar-refractivity contribution in [3.8, 4) is 0 Å². The fourth-order valence-electron chi connectivity index (χ4n) is 12.2. The SMILES string of the molecule is C[C@H]1CC[C@@]2(OC1)O[C@H]1C[C@H]3[C@@H]4CC[C@@H]5CC(NC(=O)N6CCN(c7ncccn7)CC6)CC[C@]5(C)[C@H]4CC[C@]3(C)[C@H]1[C@@H]2C. The normalized spacial score (nSPS) is 48.3. The molecule has 1 N–H and O–H groups in total. The van der Waals surface area contributed by atoms with Gasteiger partial charge in [0.1, 0.15) is 0 Å². The first-order chi connectivity index (χ1) is 21.2. The lowest BCUT2D eigenvalue weighted by atomic mass is 9.44. The van der Waals surface area contributed by atoms with E-state index < -0.39 is 0 Å². The van der Waals surface area contributed by atoms with Gasteiger partial charge in [-0.05, 0) is 110 Å². The van der Waals surface area contributed by atoms with Crippen LogP contribution in [-0.2, 0) is 9.47 Å². The highest BCUT2D eigenvalue weighted by atomic mass is 16.7. The third-order valence-electron chi connectivity index (χ3n) is 14.7. The van der Waals surface area contributed by atoms with Crippen molar-refractivity contribution < 1.29 is 14.3 Å². The van der Waals surface area contributed by atoms with Crippen LogP contribution in [0.2, 0.25) is 0 Å². The number of carbonyl (C=O) groups is 1. The topological polar surface area (TPSA) is 79.8 Å². The summed E-state index contributed by atoms with van der Waals surface area (Å²) in [6, 6.07) is 2.27. The molecule has 4 heterocycles. The molecule has 3 aliphatic heterocycles. The molecule has 12 atom stereocenters. The molecule has 1 aromatic heterocycles. The lowest BCUT2D eigenvalue weighted by molar-refractivity contribution is -0.273. The van der Waals surface area contributed by atoms with Crippen LogP contribution in [0.1, 0.15) is 91.9 Å². The highest BCUT2D eigenvalue weighted by Gasteiger charge is 2.69. The van der Waals surface area contributed by atoms with Crippen molar-refractivity contribution in [2.75, 3.05) is 37.7 Å². The number of aromatic nitrogens is 2. The van der Waals surface area contributed by atoms with Gasteiger partial charge in [0.05, 0.1) is 12.7 Å². The molecule has 8 heteroatoms. The maximum Gasteiger partial charge on any atom is 0.317 e. The molecule has 0 aromatic carbocycles. The highest BCUT2D eigenvalue weighted by Crippen LogP contribution is 2.71. The summed E-state index contributed by atoms with van der Waals surface area (Å²) in [7, 11) is 0. The Morgan fingerprint density at radius 1 is 0.909 bits per heavy atom. The minimum absolute atomic E-state index is 0.121. The van der Waals surface area contributed by atoms with E-state index >= 15 is 0 Å². The van der Waals surface area contributed by atoms with Crippen LogP contribution >= 0.6 is 0 Å². The summed E-state index contributed by atoms with van der Waals surface area (Å²) in [5.74, 6) is 5.38. The molecule has 4 aliphatic carbocycles. The second-order valence-electron chi connectivity index (χ2n) is 16.6. The molecule has 4 saturated carbocycles. The van der Waals surface area contributed by atoms with Crippen LogP contribution in [0, 0.1) is 52.3 Å². The summed E-state index contributed by atoms with van der Waals surface area (Å²) in [5, 5.41) is 3.48. The van der Waals surface area contributed by atoms with E-state index in [0.717, 1.165) is 81.7 Å². The Morgan fingerprint density at radius 3 is 2.43 bits per heavy atom.